The predicted molar refractivity (Wildman–Crippen MR) is 77.1 cm³/mol. The lowest BCUT2D eigenvalue weighted by Crippen LogP contribution is -1.93. The number of allylic oxidation sites excluding steroid dienone is 1. The summed E-state index contributed by atoms with van der Waals surface area (Å²) < 4.78 is 1.71. The molecule has 0 saturated heterocycles. The van der Waals surface area contributed by atoms with Crippen LogP contribution in [0, 0.1) is 11.3 Å². The predicted octanol–water partition coefficient (Wildman–Crippen LogP) is 1.72. The molecule has 0 aliphatic carbocycles. The number of rotatable bonds is 3. The van der Waals surface area contributed by atoms with E-state index < -0.39 is 0 Å². The lowest BCUT2D eigenvalue weighted by Gasteiger charge is -2.04. The molecule has 0 spiro atoms. The summed E-state index contributed by atoms with van der Waals surface area (Å²) in [5, 5.41) is 31.0. The minimum absolute atomic E-state index is 0.212. The van der Waals surface area contributed by atoms with Gasteiger partial charge in [-0.15, -0.1) is 10.2 Å². The molecule has 0 saturated carbocycles. The first-order chi connectivity index (χ1) is 10.2. The zero-order valence-corrected chi connectivity index (χ0v) is 11.6. The van der Waals surface area contributed by atoms with E-state index in [1.807, 2.05) is 25.4 Å². The topological polar surface area (TPSA) is 108 Å². The molecule has 3 aromatic rings. The van der Waals surface area contributed by atoms with Crippen LogP contribution >= 0.6 is 11.6 Å². The molecule has 3 rings (SSSR count). The van der Waals surface area contributed by atoms with Gasteiger partial charge in [0.1, 0.15) is 11.6 Å². The fraction of sp³-hybridized carbons (Fsp3) is 0.0833. The van der Waals surface area contributed by atoms with Crippen LogP contribution in [-0.2, 0) is 7.05 Å². The fourth-order valence-electron chi connectivity index (χ4n) is 1.85. The number of H-pyrrole nitrogens is 1. The second-order valence-electron chi connectivity index (χ2n) is 4.24. The summed E-state index contributed by atoms with van der Waals surface area (Å²) in [6.07, 6.45) is 3.36. The van der Waals surface area contributed by atoms with Gasteiger partial charge in [-0.2, -0.15) is 15.6 Å². The fourth-order valence-corrected chi connectivity index (χ4v) is 2.07. The molecule has 0 aliphatic heterocycles. The van der Waals surface area contributed by atoms with Crippen LogP contribution in [0.1, 0.15) is 5.82 Å². The van der Waals surface area contributed by atoms with Gasteiger partial charge in [-0.25, -0.2) is 0 Å². The van der Waals surface area contributed by atoms with Crippen molar-refractivity contribution in [2.24, 2.45) is 7.05 Å². The van der Waals surface area contributed by atoms with Gasteiger partial charge in [0, 0.05) is 24.8 Å². The van der Waals surface area contributed by atoms with Crippen molar-refractivity contribution in [3.05, 3.63) is 35.4 Å². The van der Waals surface area contributed by atoms with Crippen LogP contribution in [0.5, 0.6) is 0 Å². The first kappa shape index (κ1) is 13.1. The Morgan fingerprint density at radius 3 is 3.10 bits per heavy atom. The molecule has 1 aromatic carbocycles. The van der Waals surface area contributed by atoms with Gasteiger partial charge in [0.05, 0.1) is 16.2 Å². The molecule has 0 bridgehead atoms. The zero-order valence-electron chi connectivity index (χ0n) is 10.9. The Morgan fingerprint density at radius 1 is 1.52 bits per heavy atom. The number of hydrogen-bond acceptors (Lipinski definition) is 6. The van der Waals surface area contributed by atoms with Crippen molar-refractivity contribution in [3.8, 4) is 6.07 Å². The van der Waals surface area contributed by atoms with Crippen LogP contribution in [0.4, 0.5) is 5.69 Å². The molecule has 8 nitrogen and oxygen atoms in total. The molecule has 0 atom stereocenters. The van der Waals surface area contributed by atoms with E-state index in [1.165, 1.54) is 6.20 Å². The van der Waals surface area contributed by atoms with Gasteiger partial charge < -0.3 is 5.32 Å². The maximum absolute atomic E-state index is 9.09. The zero-order chi connectivity index (χ0) is 14.8. The third-order valence-electron chi connectivity index (χ3n) is 2.79. The van der Waals surface area contributed by atoms with Crippen molar-refractivity contribution in [2.45, 2.75) is 0 Å². The van der Waals surface area contributed by atoms with E-state index in [2.05, 4.69) is 31.0 Å². The summed E-state index contributed by atoms with van der Waals surface area (Å²) in [6, 6.07) is 5.60. The van der Waals surface area contributed by atoms with Crippen molar-refractivity contribution in [1.29, 1.82) is 5.26 Å². The molecule has 0 aliphatic rings. The normalized spacial score (nSPS) is 11.6. The van der Waals surface area contributed by atoms with Gasteiger partial charge in [-0.3, -0.25) is 4.68 Å². The van der Waals surface area contributed by atoms with Gasteiger partial charge in [0.15, 0.2) is 0 Å². The number of anilines is 1. The maximum atomic E-state index is 9.09. The molecule has 21 heavy (non-hydrogen) atoms. The number of nitrogens with one attached hydrogen (secondary N) is 2. The molecule has 9 heteroatoms. The van der Waals surface area contributed by atoms with Crippen molar-refractivity contribution >= 4 is 33.8 Å². The van der Waals surface area contributed by atoms with Crippen molar-refractivity contribution < 1.29 is 0 Å². The van der Waals surface area contributed by atoms with Crippen LogP contribution in [0.2, 0.25) is 5.02 Å². The van der Waals surface area contributed by atoms with Crippen LogP contribution < -0.4 is 5.32 Å². The van der Waals surface area contributed by atoms with Gasteiger partial charge >= 0.3 is 0 Å². The first-order valence-corrected chi connectivity index (χ1v) is 6.28. The highest BCUT2D eigenvalue weighted by Crippen LogP contribution is 2.27. The summed E-state index contributed by atoms with van der Waals surface area (Å²) in [5.41, 5.74) is 1.70. The highest BCUT2D eigenvalue weighted by molar-refractivity contribution is 6.34. The second kappa shape index (κ2) is 5.22. The first-order valence-electron chi connectivity index (χ1n) is 5.91. The Hall–Kier alpha value is -2.92. The Morgan fingerprint density at radius 2 is 2.38 bits per heavy atom. The Balaban J connectivity index is 1.94. The van der Waals surface area contributed by atoms with E-state index in [1.54, 1.807) is 10.7 Å². The molecule has 2 aromatic heterocycles. The average Bonchev–Trinajstić information content (AvgIpc) is 3.08. The van der Waals surface area contributed by atoms with Crippen LogP contribution in [-0.4, -0.2) is 30.4 Å². The molecule has 0 radical (unpaired) electrons. The van der Waals surface area contributed by atoms with Crippen molar-refractivity contribution in [1.82, 2.24) is 30.4 Å². The quantitative estimate of drug-likeness (QED) is 0.713. The third-order valence-corrected chi connectivity index (χ3v) is 3.10. The van der Waals surface area contributed by atoms with Gasteiger partial charge in [0.25, 0.3) is 0 Å². The average molecular weight is 301 g/mol. The Labute approximate surface area is 124 Å². The molecular weight excluding hydrogens is 292 g/mol. The Kier molecular flexibility index (Phi) is 3.25. The number of nitriles is 1. The van der Waals surface area contributed by atoms with Crippen molar-refractivity contribution in [2.75, 3.05) is 5.32 Å². The number of tetrazole rings is 1. The molecule has 2 N–H and O–H groups in total. The molecule has 0 fully saturated rings. The second-order valence-corrected chi connectivity index (χ2v) is 4.65. The van der Waals surface area contributed by atoms with E-state index in [0.717, 1.165) is 10.9 Å². The Bertz CT molecular complexity index is 855. The van der Waals surface area contributed by atoms with E-state index in [4.69, 9.17) is 16.9 Å². The van der Waals surface area contributed by atoms with Crippen LogP contribution in [0.25, 0.3) is 16.5 Å². The number of aromatic amines is 1. The number of nitrogens with zero attached hydrogens (tertiary/aromatic N) is 6. The van der Waals surface area contributed by atoms with E-state index in [9.17, 15) is 0 Å². The molecule has 0 unspecified atom stereocenters. The lowest BCUT2D eigenvalue weighted by molar-refractivity contribution is 0.780. The molecule has 104 valence electrons. The molecule has 0 amide bonds. The third kappa shape index (κ3) is 2.54. The number of aryl methyl sites for hydroxylation is 1. The van der Waals surface area contributed by atoms with Crippen molar-refractivity contribution in [3.63, 3.8) is 0 Å². The minimum Gasteiger partial charge on any atom is -0.359 e. The highest BCUT2D eigenvalue weighted by atomic mass is 35.5. The largest absolute Gasteiger partial charge is 0.359 e. The lowest BCUT2D eigenvalue weighted by atomic mass is 10.2. The van der Waals surface area contributed by atoms with Gasteiger partial charge in [0.2, 0.25) is 5.82 Å². The SMILES string of the molecule is Cn1cc2cc(NC=C(C#N)c3nn[nH]n3)c(Cl)cc2n1. The van der Waals surface area contributed by atoms with E-state index in [0.29, 0.717) is 10.7 Å². The van der Waals surface area contributed by atoms with Gasteiger partial charge in [-0.05, 0) is 17.3 Å². The summed E-state index contributed by atoms with van der Waals surface area (Å²) >= 11 is 6.19. The molecule has 2 heterocycles. The highest BCUT2D eigenvalue weighted by Gasteiger charge is 2.08. The maximum Gasteiger partial charge on any atom is 0.216 e. The monoisotopic (exact) mass is 300 g/mol. The smallest absolute Gasteiger partial charge is 0.216 e. The van der Waals surface area contributed by atoms with Crippen LogP contribution in [0.3, 0.4) is 0 Å². The van der Waals surface area contributed by atoms with E-state index >= 15 is 0 Å². The number of fused-ring (bicyclic) bond motifs is 1. The summed E-state index contributed by atoms with van der Waals surface area (Å²) in [7, 11) is 1.84. The summed E-state index contributed by atoms with van der Waals surface area (Å²) in [6.45, 7) is 0. The van der Waals surface area contributed by atoms with E-state index in [-0.39, 0.29) is 11.4 Å². The summed E-state index contributed by atoms with van der Waals surface area (Å²) in [5.74, 6) is 0.212. The number of aromatic nitrogens is 6. The summed E-state index contributed by atoms with van der Waals surface area (Å²) in [4.78, 5) is 0. The van der Waals surface area contributed by atoms with Gasteiger partial charge in [-0.1, -0.05) is 11.6 Å². The standard InChI is InChI=1S/C12H9ClN8/c1-21-6-7-2-11(9(13)3-10(7)18-21)15-5-8(4-14)12-16-19-20-17-12/h2-3,5-6,15H,1H3,(H,16,17,19,20). The minimum atomic E-state index is 0.212. The molecular formula is C12H9ClN8. The van der Waals surface area contributed by atoms with Crippen LogP contribution in [0.15, 0.2) is 24.5 Å². The number of hydrogen-bond donors (Lipinski definition) is 2. The number of benzene rings is 1. The number of halogens is 1.